The van der Waals surface area contributed by atoms with Crippen molar-refractivity contribution in [2.45, 2.75) is 12.8 Å². The Kier molecular flexibility index (Phi) is 2.52. The molecule has 0 N–H and O–H groups in total. The SMILES string of the molecule is O=C(c1cc2ccccc2cn1)N1CCCC1. The van der Waals surface area contributed by atoms with E-state index in [1.54, 1.807) is 6.20 Å². The Labute approximate surface area is 100 Å². The van der Waals surface area contributed by atoms with Crippen LogP contribution < -0.4 is 0 Å². The molecule has 3 nitrogen and oxygen atoms in total. The standard InChI is InChI=1S/C14H14N2O/c17-14(16-7-3-4-8-16)13-9-11-5-1-2-6-12(11)10-15-13/h1-2,5-6,9-10H,3-4,7-8H2. The van der Waals surface area contributed by atoms with Gasteiger partial charge in [0, 0.05) is 24.7 Å². The summed E-state index contributed by atoms with van der Waals surface area (Å²) < 4.78 is 0. The molecular weight excluding hydrogens is 212 g/mol. The van der Waals surface area contributed by atoms with Gasteiger partial charge in [-0.05, 0) is 24.3 Å². The normalized spacial score (nSPS) is 15.4. The molecular formula is C14H14N2O. The first kappa shape index (κ1) is 10.3. The van der Waals surface area contributed by atoms with E-state index in [-0.39, 0.29) is 5.91 Å². The molecule has 1 aromatic carbocycles. The topological polar surface area (TPSA) is 33.2 Å². The van der Waals surface area contributed by atoms with Gasteiger partial charge in [0.2, 0.25) is 0 Å². The number of benzene rings is 1. The second-order valence-electron chi connectivity index (χ2n) is 4.42. The Balaban J connectivity index is 1.97. The fraction of sp³-hybridized carbons (Fsp3) is 0.286. The van der Waals surface area contributed by atoms with Gasteiger partial charge in [0.05, 0.1) is 0 Å². The molecule has 0 aliphatic carbocycles. The number of aromatic nitrogens is 1. The van der Waals surface area contributed by atoms with Crippen LogP contribution in [0.15, 0.2) is 36.5 Å². The summed E-state index contributed by atoms with van der Waals surface area (Å²) in [6, 6.07) is 9.86. The molecule has 0 spiro atoms. The first-order valence-corrected chi connectivity index (χ1v) is 5.99. The minimum atomic E-state index is 0.0632. The van der Waals surface area contributed by atoms with Gasteiger partial charge < -0.3 is 4.90 Å². The van der Waals surface area contributed by atoms with Gasteiger partial charge in [0.25, 0.3) is 5.91 Å². The Bertz CT molecular complexity index is 559. The van der Waals surface area contributed by atoms with E-state index in [1.165, 1.54) is 0 Å². The van der Waals surface area contributed by atoms with Gasteiger partial charge in [-0.15, -0.1) is 0 Å². The minimum Gasteiger partial charge on any atom is -0.337 e. The molecule has 1 amide bonds. The van der Waals surface area contributed by atoms with Crippen LogP contribution >= 0.6 is 0 Å². The zero-order valence-corrected chi connectivity index (χ0v) is 9.60. The molecule has 0 atom stereocenters. The van der Waals surface area contributed by atoms with E-state index >= 15 is 0 Å². The van der Waals surface area contributed by atoms with E-state index in [2.05, 4.69) is 4.98 Å². The van der Waals surface area contributed by atoms with Crippen LogP contribution in [-0.2, 0) is 0 Å². The molecule has 86 valence electrons. The fourth-order valence-corrected chi connectivity index (χ4v) is 2.28. The molecule has 1 aliphatic rings. The van der Waals surface area contributed by atoms with Crippen LogP contribution in [0.1, 0.15) is 23.3 Å². The number of nitrogens with zero attached hydrogens (tertiary/aromatic N) is 2. The zero-order chi connectivity index (χ0) is 11.7. The number of hydrogen-bond donors (Lipinski definition) is 0. The number of amides is 1. The number of likely N-dealkylation sites (tertiary alicyclic amines) is 1. The predicted octanol–water partition coefficient (Wildman–Crippen LogP) is 2.47. The molecule has 1 aromatic heterocycles. The van der Waals surface area contributed by atoms with Crippen molar-refractivity contribution in [1.29, 1.82) is 0 Å². The summed E-state index contributed by atoms with van der Waals surface area (Å²) in [5.41, 5.74) is 0.561. The van der Waals surface area contributed by atoms with E-state index in [0.717, 1.165) is 36.7 Å². The van der Waals surface area contributed by atoms with E-state index in [4.69, 9.17) is 0 Å². The molecule has 1 aliphatic heterocycles. The Morgan fingerprint density at radius 3 is 2.59 bits per heavy atom. The van der Waals surface area contributed by atoms with Crippen LogP contribution in [-0.4, -0.2) is 28.9 Å². The highest BCUT2D eigenvalue weighted by atomic mass is 16.2. The van der Waals surface area contributed by atoms with Crippen molar-refractivity contribution in [3.8, 4) is 0 Å². The lowest BCUT2D eigenvalue weighted by atomic mass is 10.1. The average Bonchev–Trinajstić information content (AvgIpc) is 2.91. The van der Waals surface area contributed by atoms with Crippen LogP contribution in [0.2, 0.25) is 0 Å². The highest BCUT2D eigenvalue weighted by molar-refractivity contribution is 5.96. The maximum absolute atomic E-state index is 12.2. The van der Waals surface area contributed by atoms with Crippen molar-refractivity contribution in [3.05, 3.63) is 42.2 Å². The van der Waals surface area contributed by atoms with Gasteiger partial charge in [0.1, 0.15) is 5.69 Å². The van der Waals surface area contributed by atoms with Crippen molar-refractivity contribution in [2.24, 2.45) is 0 Å². The summed E-state index contributed by atoms with van der Waals surface area (Å²) in [5.74, 6) is 0.0632. The number of rotatable bonds is 1. The van der Waals surface area contributed by atoms with Crippen LogP contribution in [0, 0.1) is 0 Å². The maximum Gasteiger partial charge on any atom is 0.272 e. The largest absolute Gasteiger partial charge is 0.337 e. The second kappa shape index (κ2) is 4.17. The minimum absolute atomic E-state index is 0.0632. The smallest absolute Gasteiger partial charge is 0.272 e. The van der Waals surface area contributed by atoms with Gasteiger partial charge >= 0.3 is 0 Å². The second-order valence-corrected chi connectivity index (χ2v) is 4.42. The van der Waals surface area contributed by atoms with Crippen LogP contribution in [0.3, 0.4) is 0 Å². The lowest BCUT2D eigenvalue weighted by Gasteiger charge is -2.14. The number of hydrogen-bond acceptors (Lipinski definition) is 2. The average molecular weight is 226 g/mol. The van der Waals surface area contributed by atoms with Crippen LogP contribution in [0.25, 0.3) is 10.8 Å². The summed E-state index contributed by atoms with van der Waals surface area (Å²) in [4.78, 5) is 18.3. The summed E-state index contributed by atoms with van der Waals surface area (Å²) >= 11 is 0. The van der Waals surface area contributed by atoms with E-state index in [0.29, 0.717) is 5.69 Å². The van der Waals surface area contributed by atoms with Crippen molar-refractivity contribution < 1.29 is 4.79 Å². The summed E-state index contributed by atoms with van der Waals surface area (Å²) in [6.07, 6.45) is 4.00. The fourth-order valence-electron chi connectivity index (χ4n) is 2.28. The quantitative estimate of drug-likeness (QED) is 0.748. The van der Waals surface area contributed by atoms with Gasteiger partial charge in [-0.25, -0.2) is 0 Å². The molecule has 2 aromatic rings. The molecule has 17 heavy (non-hydrogen) atoms. The van der Waals surface area contributed by atoms with Crippen LogP contribution in [0.4, 0.5) is 0 Å². The number of carbonyl (C=O) groups excluding carboxylic acids is 1. The Morgan fingerprint density at radius 2 is 1.82 bits per heavy atom. The number of pyridine rings is 1. The molecule has 2 heterocycles. The molecule has 0 bridgehead atoms. The summed E-state index contributed by atoms with van der Waals surface area (Å²) in [6.45, 7) is 1.74. The Hall–Kier alpha value is -1.90. The summed E-state index contributed by atoms with van der Waals surface area (Å²) in [5, 5.41) is 2.15. The predicted molar refractivity (Wildman–Crippen MR) is 66.9 cm³/mol. The third-order valence-corrected chi connectivity index (χ3v) is 3.24. The first-order chi connectivity index (χ1) is 8.34. The van der Waals surface area contributed by atoms with Gasteiger partial charge in [-0.2, -0.15) is 0 Å². The molecule has 0 radical (unpaired) electrons. The maximum atomic E-state index is 12.2. The van der Waals surface area contributed by atoms with E-state index in [1.807, 2.05) is 35.2 Å². The molecule has 1 saturated heterocycles. The Morgan fingerprint density at radius 1 is 1.12 bits per heavy atom. The molecule has 3 heteroatoms. The lowest BCUT2D eigenvalue weighted by Crippen LogP contribution is -2.28. The van der Waals surface area contributed by atoms with Crippen LogP contribution in [0.5, 0.6) is 0 Å². The third kappa shape index (κ3) is 1.88. The molecule has 0 unspecified atom stereocenters. The van der Waals surface area contributed by atoms with Crippen molar-refractivity contribution in [1.82, 2.24) is 9.88 Å². The molecule has 0 saturated carbocycles. The highest BCUT2D eigenvalue weighted by Crippen LogP contribution is 2.16. The summed E-state index contributed by atoms with van der Waals surface area (Å²) in [7, 11) is 0. The van der Waals surface area contributed by atoms with E-state index in [9.17, 15) is 4.79 Å². The van der Waals surface area contributed by atoms with Crippen molar-refractivity contribution in [3.63, 3.8) is 0 Å². The molecule has 1 fully saturated rings. The number of fused-ring (bicyclic) bond motifs is 1. The van der Waals surface area contributed by atoms with Gasteiger partial charge in [-0.3, -0.25) is 9.78 Å². The highest BCUT2D eigenvalue weighted by Gasteiger charge is 2.20. The zero-order valence-electron chi connectivity index (χ0n) is 9.60. The van der Waals surface area contributed by atoms with Crippen molar-refractivity contribution >= 4 is 16.7 Å². The number of carbonyl (C=O) groups is 1. The van der Waals surface area contributed by atoms with Crippen molar-refractivity contribution in [2.75, 3.05) is 13.1 Å². The van der Waals surface area contributed by atoms with Gasteiger partial charge in [-0.1, -0.05) is 24.3 Å². The first-order valence-electron chi connectivity index (χ1n) is 5.99. The monoisotopic (exact) mass is 226 g/mol. The third-order valence-electron chi connectivity index (χ3n) is 3.24. The van der Waals surface area contributed by atoms with Gasteiger partial charge in [0.15, 0.2) is 0 Å². The lowest BCUT2D eigenvalue weighted by molar-refractivity contribution is 0.0787. The molecule has 3 rings (SSSR count). The van der Waals surface area contributed by atoms with E-state index < -0.39 is 0 Å².